The van der Waals surface area contributed by atoms with E-state index in [2.05, 4.69) is 21.2 Å². The van der Waals surface area contributed by atoms with Crippen LogP contribution in [0.25, 0.3) is 0 Å². The molecule has 3 nitrogen and oxygen atoms in total. The molecule has 2 aromatic rings. The molecular formula is C15H13BrF2N2O. The van der Waals surface area contributed by atoms with Gasteiger partial charge in [-0.2, -0.15) is 0 Å². The van der Waals surface area contributed by atoms with E-state index >= 15 is 0 Å². The van der Waals surface area contributed by atoms with Crippen molar-refractivity contribution in [2.45, 2.75) is 6.42 Å². The Bertz CT molecular complexity index is 656. The summed E-state index contributed by atoms with van der Waals surface area (Å²) in [6.07, 6.45) is 0.334. The summed E-state index contributed by atoms with van der Waals surface area (Å²) < 4.78 is 26.6. The highest BCUT2D eigenvalue weighted by Gasteiger charge is 2.11. The van der Waals surface area contributed by atoms with E-state index in [0.717, 1.165) is 6.07 Å². The van der Waals surface area contributed by atoms with Crippen LogP contribution in [0.15, 0.2) is 40.9 Å². The Labute approximate surface area is 129 Å². The van der Waals surface area contributed by atoms with E-state index in [9.17, 15) is 13.6 Å². The number of nitrogens with one attached hydrogen (secondary N) is 1. The van der Waals surface area contributed by atoms with E-state index in [-0.39, 0.29) is 12.5 Å². The molecule has 0 bridgehead atoms. The number of amides is 1. The summed E-state index contributed by atoms with van der Waals surface area (Å²) in [5.74, 6) is -1.56. The van der Waals surface area contributed by atoms with Crippen molar-refractivity contribution in [3.05, 3.63) is 63.6 Å². The molecule has 2 rings (SSSR count). The fraction of sp³-hybridized carbons (Fsp3) is 0.133. The standard InChI is InChI=1S/C15H13BrF2N2O/c16-14-12(2-1-3-13(14)19)15(21)20-5-4-9-6-10(17)8-11(18)7-9/h1-3,6-8H,4-5,19H2,(H,20,21). The van der Waals surface area contributed by atoms with Crippen LogP contribution in [0.2, 0.25) is 0 Å². The average molecular weight is 355 g/mol. The topological polar surface area (TPSA) is 55.1 Å². The maximum atomic E-state index is 13.0. The number of hydrogen-bond acceptors (Lipinski definition) is 2. The van der Waals surface area contributed by atoms with Crippen molar-refractivity contribution in [2.75, 3.05) is 12.3 Å². The van der Waals surface area contributed by atoms with Gasteiger partial charge in [-0.15, -0.1) is 0 Å². The number of anilines is 1. The van der Waals surface area contributed by atoms with E-state index in [4.69, 9.17) is 5.73 Å². The normalized spacial score (nSPS) is 10.4. The molecule has 2 aromatic carbocycles. The minimum Gasteiger partial charge on any atom is -0.398 e. The number of nitrogen functional groups attached to an aromatic ring is 1. The van der Waals surface area contributed by atoms with Crippen molar-refractivity contribution < 1.29 is 13.6 Å². The molecule has 0 aliphatic rings. The smallest absolute Gasteiger partial charge is 0.252 e. The number of nitrogens with two attached hydrogens (primary N) is 1. The minimum atomic E-state index is -0.630. The lowest BCUT2D eigenvalue weighted by Gasteiger charge is -2.08. The Hall–Kier alpha value is -1.95. The molecule has 0 saturated carbocycles. The summed E-state index contributed by atoms with van der Waals surface area (Å²) in [6.45, 7) is 0.267. The maximum Gasteiger partial charge on any atom is 0.252 e. The monoisotopic (exact) mass is 354 g/mol. The van der Waals surface area contributed by atoms with Gasteiger partial charge < -0.3 is 11.1 Å². The fourth-order valence-corrected chi connectivity index (χ4v) is 2.34. The second kappa shape index (κ2) is 6.67. The number of carbonyl (C=O) groups excluding carboxylic acids is 1. The van der Waals surface area contributed by atoms with Crippen LogP contribution in [0.5, 0.6) is 0 Å². The molecule has 1 amide bonds. The first kappa shape index (κ1) is 15.4. The van der Waals surface area contributed by atoms with Gasteiger partial charge in [0.2, 0.25) is 0 Å². The number of rotatable bonds is 4. The van der Waals surface area contributed by atoms with Gasteiger partial charge in [0.15, 0.2) is 0 Å². The van der Waals surface area contributed by atoms with Crippen LogP contribution < -0.4 is 11.1 Å². The lowest BCUT2D eigenvalue weighted by molar-refractivity contribution is 0.0953. The highest BCUT2D eigenvalue weighted by Crippen LogP contribution is 2.23. The van der Waals surface area contributed by atoms with E-state index in [1.54, 1.807) is 18.2 Å². The molecule has 6 heteroatoms. The molecule has 0 saturated heterocycles. The molecule has 3 N–H and O–H groups in total. The van der Waals surface area contributed by atoms with Crippen LogP contribution in [0, 0.1) is 11.6 Å². The highest BCUT2D eigenvalue weighted by atomic mass is 79.9. The van der Waals surface area contributed by atoms with Crippen LogP contribution in [0.1, 0.15) is 15.9 Å². The Morgan fingerprint density at radius 2 is 1.86 bits per heavy atom. The molecule has 0 unspecified atom stereocenters. The van der Waals surface area contributed by atoms with Gasteiger partial charge in [0.25, 0.3) is 5.91 Å². The van der Waals surface area contributed by atoms with Crippen molar-refractivity contribution in [3.63, 3.8) is 0 Å². The predicted molar refractivity (Wildman–Crippen MR) is 80.9 cm³/mol. The lowest BCUT2D eigenvalue weighted by Crippen LogP contribution is -2.26. The zero-order valence-corrected chi connectivity index (χ0v) is 12.6. The van der Waals surface area contributed by atoms with Gasteiger partial charge in [-0.25, -0.2) is 8.78 Å². The molecular weight excluding hydrogens is 342 g/mol. The molecule has 0 fully saturated rings. The van der Waals surface area contributed by atoms with Crippen LogP contribution in [-0.4, -0.2) is 12.5 Å². The minimum absolute atomic E-state index is 0.267. The molecule has 21 heavy (non-hydrogen) atoms. The van der Waals surface area contributed by atoms with Gasteiger partial charge in [0.1, 0.15) is 11.6 Å². The second-order valence-corrected chi connectivity index (χ2v) is 5.29. The Kier molecular flexibility index (Phi) is 4.90. The quantitative estimate of drug-likeness (QED) is 0.827. The van der Waals surface area contributed by atoms with Crippen LogP contribution >= 0.6 is 15.9 Å². The third-order valence-electron chi connectivity index (χ3n) is 2.89. The van der Waals surface area contributed by atoms with Gasteiger partial charge in [-0.1, -0.05) is 6.07 Å². The molecule has 0 radical (unpaired) electrons. The average Bonchev–Trinajstić information content (AvgIpc) is 2.40. The molecule has 0 atom stereocenters. The molecule has 0 aliphatic heterocycles. The van der Waals surface area contributed by atoms with Gasteiger partial charge in [0, 0.05) is 18.3 Å². The maximum absolute atomic E-state index is 13.0. The van der Waals surface area contributed by atoms with E-state index in [1.165, 1.54) is 12.1 Å². The Morgan fingerprint density at radius 1 is 1.19 bits per heavy atom. The van der Waals surface area contributed by atoms with E-state index < -0.39 is 11.6 Å². The SMILES string of the molecule is Nc1cccc(C(=O)NCCc2cc(F)cc(F)c2)c1Br. The van der Waals surface area contributed by atoms with Gasteiger partial charge in [-0.3, -0.25) is 4.79 Å². The third-order valence-corrected chi connectivity index (χ3v) is 3.78. The largest absolute Gasteiger partial charge is 0.398 e. The summed E-state index contributed by atoms with van der Waals surface area (Å²) in [4.78, 5) is 12.0. The number of carbonyl (C=O) groups is 1. The molecule has 110 valence electrons. The summed E-state index contributed by atoms with van der Waals surface area (Å²) in [5.41, 5.74) is 7.07. The summed E-state index contributed by atoms with van der Waals surface area (Å²) in [7, 11) is 0. The highest BCUT2D eigenvalue weighted by molar-refractivity contribution is 9.10. The molecule has 0 spiro atoms. The Morgan fingerprint density at radius 3 is 2.52 bits per heavy atom. The first-order valence-electron chi connectivity index (χ1n) is 6.24. The van der Waals surface area contributed by atoms with Gasteiger partial charge >= 0.3 is 0 Å². The van der Waals surface area contributed by atoms with Crippen molar-refractivity contribution in [3.8, 4) is 0 Å². The van der Waals surface area contributed by atoms with Gasteiger partial charge in [-0.05, 0) is 52.2 Å². The summed E-state index contributed by atoms with van der Waals surface area (Å²) in [6, 6.07) is 8.29. The summed E-state index contributed by atoms with van der Waals surface area (Å²) >= 11 is 3.25. The Balaban J connectivity index is 1.97. The zero-order chi connectivity index (χ0) is 15.4. The lowest BCUT2D eigenvalue weighted by atomic mass is 10.1. The summed E-state index contributed by atoms with van der Waals surface area (Å²) in [5, 5.41) is 2.69. The van der Waals surface area contributed by atoms with Gasteiger partial charge in [0.05, 0.1) is 10.0 Å². The van der Waals surface area contributed by atoms with Crippen LogP contribution in [-0.2, 0) is 6.42 Å². The van der Waals surface area contributed by atoms with Crippen molar-refractivity contribution >= 4 is 27.5 Å². The second-order valence-electron chi connectivity index (χ2n) is 4.49. The number of hydrogen-bond donors (Lipinski definition) is 2. The van der Waals surface area contributed by atoms with Crippen molar-refractivity contribution in [1.82, 2.24) is 5.32 Å². The third kappa shape index (κ3) is 4.01. The molecule has 0 aliphatic carbocycles. The van der Waals surface area contributed by atoms with Crippen molar-refractivity contribution in [2.24, 2.45) is 0 Å². The van der Waals surface area contributed by atoms with E-state index in [0.29, 0.717) is 27.7 Å². The van der Waals surface area contributed by atoms with E-state index in [1.807, 2.05) is 0 Å². The zero-order valence-electron chi connectivity index (χ0n) is 11.0. The van der Waals surface area contributed by atoms with Crippen LogP contribution in [0.3, 0.4) is 0 Å². The molecule has 0 heterocycles. The number of halogens is 3. The molecule has 0 aromatic heterocycles. The first-order valence-corrected chi connectivity index (χ1v) is 7.04. The van der Waals surface area contributed by atoms with Crippen molar-refractivity contribution in [1.29, 1.82) is 0 Å². The number of benzene rings is 2. The predicted octanol–water partition coefficient (Wildman–Crippen LogP) is 3.28. The van der Waals surface area contributed by atoms with Crippen LogP contribution in [0.4, 0.5) is 14.5 Å². The fourth-order valence-electron chi connectivity index (χ4n) is 1.90. The first-order chi connectivity index (χ1) is 9.97.